The maximum Gasteiger partial charge on any atom is 0.325 e. The van der Waals surface area contributed by atoms with Crippen molar-refractivity contribution in [1.82, 2.24) is 20.0 Å². The molecule has 4 amide bonds. The van der Waals surface area contributed by atoms with Crippen LogP contribution >= 0.6 is 0 Å². The van der Waals surface area contributed by atoms with E-state index in [0.29, 0.717) is 0 Å². The predicted octanol–water partition coefficient (Wildman–Crippen LogP) is -1.54. The normalized spacial score (nSPS) is 14.9. The Morgan fingerprint density at radius 3 is 2.60 bits per heavy atom. The zero-order valence-electron chi connectivity index (χ0n) is 10.2. The lowest BCUT2D eigenvalue weighted by molar-refractivity contribution is -0.138. The highest BCUT2D eigenvalue weighted by Crippen LogP contribution is 2.07. The molecule has 10 heteroatoms. The molecule has 0 radical (unpaired) electrons. The fourth-order valence-electron chi connectivity index (χ4n) is 1.64. The molecule has 1 aliphatic heterocycles. The van der Waals surface area contributed by atoms with Crippen LogP contribution in [0.2, 0.25) is 0 Å². The molecular weight excluding hydrogens is 270 g/mol. The third-order valence-corrected chi connectivity index (χ3v) is 2.42. The molecule has 0 aromatic carbocycles. The first-order chi connectivity index (χ1) is 9.44. The van der Waals surface area contributed by atoms with E-state index in [1.807, 2.05) is 0 Å². The minimum atomic E-state index is -1.07. The summed E-state index contributed by atoms with van der Waals surface area (Å²) in [6.45, 7) is -0.776. The molecule has 1 aliphatic rings. The molecule has 0 atom stereocenters. The minimum absolute atomic E-state index is 0.221. The van der Waals surface area contributed by atoms with Crippen LogP contribution in [0.15, 0.2) is 12.4 Å². The molecule has 1 aromatic heterocycles. The first-order valence-corrected chi connectivity index (χ1v) is 5.57. The van der Waals surface area contributed by atoms with Crippen LogP contribution in [-0.4, -0.2) is 56.7 Å². The summed E-state index contributed by atoms with van der Waals surface area (Å²) in [6, 6.07) is -0.636. The summed E-state index contributed by atoms with van der Waals surface area (Å²) in [5.41, 5.74) is 0.273. The van der Waals surface area contributed by atoms with E-state index in [9.17, 15) is 19.2 Å². The number of urea groups is 1. The van der Waals surface area contributed by atoms with Gasteiger partial charge in [-0.05, 0) is 0 Å². The number of carbonyl (C=O) groups excluding carboxylic acids is 3. The Labute approximate surface area is 112 Å². The summed E-state index contributed by atoms with van der Waals surface area (Å²) in [4.78, 5) is 45.6. The molecule has 0 spiro atoms. The number of carboxylic acid groups (broad SMARTS) is 1. The third-order valence-electron chi connectivity index (χ3n) is 2.42. The molecule has 20 heavy (non-hydrogen) atoms. The smallest absolute Gasteiger partial charge is 0.325 e. The Bertz CT molecular complexity index is 564. The van der Waals surface area contributed by atoms with Crippen LogP contribution in [0.3, 0.4) is 0 Å². The van der Waals surface area contributed by atoms with E-state index >= 15 is 0 Å². The van der Waals surface area contributed by atoms with Crippen molar-refractivity contribution in [1.29, 1.82) is 0 Å². The number of imide groups is 1. The third kappa shape index (κ3) is 3.31. The fourth-order valence-corrected chi connectivity index (χ4v) is 1.64. The van der Waals surface area contributed by atoms with Gasteiger partial charge in [-0.1, -0.05) is 0 Å². The lowest BCUT2D eigenvalue weighted by Crippen LogP contribution is -2.54. The number of carbonyl (C=O) groups is 4. The van der Waals surface area contributed by atoms with Gasteiger partial charge in [0.15, 0.2) is 0 Å². The zero-order chi connectivity index (χ0) is 14.7. The van der Waals surface area contributed by atoms with Crippen molar-refractivity contribution >= 4 is 29.5 Å². The van der Waals surface area contributed by atoms with Gasteiger partial charge in [0.1, 0.15) is 19.6 Å². The molecule has 106 valence electrons. The van der Waals surface area contributed by atoms with Crippen LogP contribution in [0, 0.1) is 0 Å². The molecule has 2 rings (SSSR count). The summed E-state index contributed by atoms with van der Waals surface area (Å²) >= 11 is 0. The Morgan fingerprint density at radius 2 is 2.00 bits per heavy atom. The summed E-state index contributed by atoms with van der Waals surface area (Å²) in [7, 11) is 0. The Kier molecular flexibility index (Phi) is 3.64. The van der Waals surface area contributed by atoms with Gasteiger partial charge in [0.05, 0.1) is 11.9 Å². The summed E-state index contributed by atoms with van der Waals surface area (Å²) in [6.07, 6.45) is 2.60. The Balaban J connectivity index is 1.97. The van der Waals surface area contributed by atoms with Gasteiger partial charge in [0.2, 0.25) is 11.8 Å². The number of hydrogen-bond donors (Lipinski definition) is 3. The highest BCUT2D eigenvalue weighted by atomic mass is 16.4. The molecule has 1 fully saturated rings. The number of nitrogens with one attached hydrogen (secondary N) is 2. The van der Waals surface area contributed by atoms with E-state index in [1.165, 1.54) is 12.4 Å². The number of anilines is 1. The number of nitrogens with zero attached hydrogens (tertiary/aromatic N) is 3. The predicted molar refractivity (Wildman–Crippen MR) is 63.6 cm³/mol. The fraction of sp³-hybridized carbons (Fsp3) is 0.300. The van der Waals surface area contributed by atoms with Crippen molar-refractivity contribution in [2.75, 3.05) is 18.4 Å². The molecule has 3 N–H and O–H groups in total. The molecular formula is C10H11N5O5. The minimum Gasteiger partial charge on any atom is -0.480 e. The van der Waals surface area contributed by atoms with E-state index in [1.54, 1.807) is 0 Å². The molecule has 1 saturated heterocycles. The van der Waals surface area contributed by atoms with Gasteiger partial charge < -0.3 is 15.3 Å². The highest BCUT2D eigenvalue weighted by Gasteiger charge is 2.26. The van der Waals surface area contributed by atoms with Crippen molar-refractivity contribution in [3.05, 3.63) is 12.4 Å². The van der Waals surface area contributed by atoms with Gasteiger partial charge in [-0.2, -0.15) is 5.10 Å². The van der Waals surface area contributed by atoms with E-state index in [-0.39, 0.29) is 25.3 Å². The molecule has 2 heterocycles. The lowest BCUT2D eigenvalue weighted by atomic mass is 10.3. The first-order valence-electron chi connectivity index (χ1n) is 5.57. The zero-order valence-corrected chi connectivity index (χ0v) is 10.2. The van der Waals surface area contributed by atoms with Crippen LogP contribution in [0.25, 0.3) is 0 Å². The standard InChI is InChI=1S/C10H11N5O5/c16-7-3-14(4-8(17)13-7)10(20)12-6-1-11-15(2-6)5-9(18)19/h1-2H,3-5H2,(H,12,20)(H,18,19)(H,13,16,17). The highest BCUT2D eigenvalue weighted by molar-refractivity contribution is 6.04. The number of amides is 4. The number of aliphatic carboxylic acids is 1. The number of hydrogen-bond acceptors (Lipinski definition) is 5. The van der Waals surface area contributed by atoms with Crippen LogP contribution in [-0.2, 0) is 20.9 Å². The van der Waals surface area contributed by atoms with E-state index < -0.39 is 23.8 Å². The van der Waals surface area contributed by atoms with E-state index in [2.05, 4.69) is 15.7 Å². The van der Waals surface area contributed by atoms with E-state index in [4.69, 9.17) is 5.11 Å². The molecule has 0 saturated carbocycles. The second kappa shape index (κ2) is 5.38. The van der Waals surface area contributed by atoms with Crippen molar-refractivity contribution in [3.63, 3.8) is 0 Å². The molecule has 0 bridgehead atoms. The van der Waals surface area contributed by atoms with Crippen molar-refractivity contribution in [2.45, 2.75) is 6.54 Å². The summed E-state index contributed by atoms with van der Waals surface area (Å²) < 4.78 is 1.13. The maximum atomic E-state index is 11.8. The molecule has 1 aromatic rings. The summed E-state index contributed by atoms with van der Waals surface area (Å²) in [5.74, 6) is -2.18. The van der Waals surface area contributed by atoms with Crippen molar-refractivity contribution in [2.24, 2.45) is 0 Å². The van der Waals surface area contributed by atoms with Crippen LogP contribution in [0.5, 0.6) is 0 Å². The van der Waals surface area contributed by atoms with Crippen LogP contribution < -0.4 is 10.6 Å². The van der Waals surface area contributed by atoms with Crippen LogP contribution in [0.4, 0.5) is 10.5 Å². The quantitative estimate of drug-likeness (QED) is 0.575. The lowest BCUT2D eigenvalue weighted by Gasteiger charge is -2.25. The van der Waals surface area contributed by atoms with Gasteiger partial charge >= 0.3 is 12.0 Å². The van der Waals surface area contributed by atoms with Gasteiger partial charge in [-0.15, -0.1) is 0 Å². The second-order valence-corrected chi connectivity index (χ2v) is 4.08. The van der Waals surface area contributed by atoms with Gasteiger partial charge in [-0.25, -0.2) is 4.79 Å². The van der Waals surface area contributed by atoms with Crippen LogP contribution in [0.1, 0.15) is 0 Å². The van der Waals surface area contributed by atoms with Gasteiger partial charge in [0, 0.05) is 6.20 Å². The van der Waals surface area contributed by atoms with Gasteiger partial charge in [-0.3, -0.25) is 24.4 Å². The Hall–Kier alpha value is -2.91. The Morgan fingerprint density at radius 1 is 1.35 bits per heavy atom. The van der Waals surface area contributed by atoms with Crippen molar-refractivity contribution < 1.29 is 24.3 Å². The average Bonchev–Trinajstić information content (AvgIpc) is 2.74. The number of aromatic nitrogens is 2. The largest absolute Gasteiger partial charge is 0.480 e. The maximum absolute atomic E-state index is 11.8. The number of rotatable bonds is 3. The molecule has 10 nitrogen and oxygen atoms in total. The summed E-state index contributed by atoms with van der Waals surface area (Å²) in [5, 5.41) is 16.8. The van der Waals surface area contributed by atoms with Gasteiger partial charge in [0.25, 0.3) is 0 Å². The topological polar surface area (TPSA) is 134 Å². The number of piperazine rings is 1. The first kappa shape index (κ1) is 13.5. The second-order valence-electron chi connectivity index (χ2n) is 4.08. The number of carboxylic acids is 1. The monoisotopic (exact) mass is 281 g/mol. The molecule has 0 unspecified atom stereocenters. The molecule has 0 aliphatic carbocycles. The van der Waals surface area contributed by atoms with E-state index in [0.717, 1.165) is 9.58 Å². The SMILES string of the molecule is O=C(O)Cn1cc(NC(=O)N2CC(=O)NC(=O)C2)cn1. The average molecular weight is 281 g/mol. The van der Waals surface area contributed by atoms with Crippen molar-refractivity contribution in [3.8, 4) is 0 Å².